The maximum absolute atomic E-state index is 12.1. The van der Waals surface area contributed by atoms with Crippen LogP contribution in [0, 0.1) is 6.92 Å². The summed E-state index contributed by atoms with van der Waals surface area (Å²) >= 11 is 0. The Balaban J connectivity index is 1.96. The van der Waals surface area contributed by atoms with E-state index in [9.17, 15) is 13.2 Å². The fourth-order valence-corrected chi connectivity index (χ4v) is 3.43. The van der Waals surface area contributed by atoms with Gasteiger partial charge in [-0.1, -0.05) is 12.1 Å². The second-order valence-corrected chi connectivity index (χ2v) is 7.46. The molecule has 1 fully saturated rings. The van der Waals surface area contributed by atoms with Crippen LogP contribution in [0.4, 0.5) is 10.5 Å². The third-order valence-electron chi connectivity index (χ3n) is 3.70. The number of hydrogen-bond donors (Lipinski definition) is 2. The lowest BCUT2D eigenvalue weighted by atomic mass is 10.1. The molecule has 1 aromatic rings. The molecule has 1 unspecified atom stereocenters. The van der Waals surface area contributed by atoms with Crippen molar-refractivity contribution in [3.8, 4) is 0 Å². The SMILES string of the molecule is CCc1noc(C)c1NC(=O)NC1CCCN(S(C)(=O)=O)C1. The quantitative estimate of drug-likeness (QED) is 0.860. The largest absolute Gasteiger partial charge is 0.359 e. The van der Waals surface area contributed by atoms with E-state index in [0.717, 1.165) is 12.8 Å². The lowest BCUT2D eigenvalue weighted by Crippen LogP contribution is -2.50. The number of hydrogen-bond acceptors (Lipinski definition) is 5. The predicted octanol–water partition coefficient (Wildman–Crippen LogP) is 1.09. The summed E-state index contributed by atoms with van der Waals surface area (Å²) in [7, 11) is -3.23. The molecule has 0 spiro atoms. The summed E-state index contributed by atoms with van der Waals surface area (Å²) in [5, 5.41) is 9.42. The summed E-state index contributed by atoms with van der Waals surface area (Å²) in [6.07, 6.45) is 3.31. The average molecular weight is 330 g/mol. The predicted molar refractivity (Wildman–Crippen MR) is 82.2 cm³/mol. The highest BCUT2D eigenvalue weighted by Crippen LogP contribution is 2.20. The Labute approximate surface area is 130 Å². The van der Waals surface area contributed by atoms with E-state index in [1.165, 1.54) is 10.6 Å². The minimum Gasteiger partial charge on any atom is -0.359 e. The molecule has 0 aromatic carbocycles. The van der Waals surface area contributed by atoms with Gasteiger partial charge in [0.2, 0.25) is 10.0 Å². The number of sulfonamides is 1. The third kappa shape index (κ3) is 3.98. The molecule has 22 heavy (non-hydrogen) atoms. The van der Waals surface area contributed by atoms with Crippen LogP contribution in [0.5, 0.6) is 0 Å². The van der Waals surface area contributed by atoms with E-state index in [0.29, 0.717) is 36.7 Å². The average Bonchev–Trinajstić information content (AvgIpc) is 2.79. The molecule has 1 saturated heterocycles. The normalized spacial score (nSPS) is 19.9. The summed E-state index contributed by atoms with van der Waals surface area (Å²) in [5.74, 6) is 0.549. The van der Waals surface area contributed by atoms with E-state index < -0.39 is 10.0 Å². The standard InChI is InChI=1S/C13H22N4O4S/c1-4-11-12(9(2)21-16-11)15-13(18)14-10-6-5-7-17(8-10)22(3,19)20/h10H,4-8H2,1-3H3,(H2,14,15,18). The van der Waals surface area contributed by atoms with Gasteiger partial charge in [0.1, 0.15) is 11.4 Å². The van der Waals surface area contributed by atoms with Crippen molar-refractivity contribution in [2.45, 2.75) is 39.2 Å². The Hall–Kier alpha value is -1.61. The number of nitrogens with zero attached hydrogens (tertiary/aromatic N) is 2. The third-order valence-corrected chi connectivity index (χ3v) is 4.96. The van der Waals surface area contributed by atoms with Gasteiger partial charge in [-0.3, -0.25) is 0 Å². The molecule has 2 heterocycles. The second kappa shape index (κ2) is 6.66. The van der Waals surface area contributed by atoms with Gasteiger partial charge in [0.05, 0.1) is 6.26 Å². The van der Waals surface area contributed by atoms with Gasteiger partial charge < -0.3 is 15.2 Å². The monoisotopic (exact) mass is 330 g/mol. The Bertz CT molecular complexity index is 640. The number of urea groups is 1. The van der Waals surface area contributed by atoms with Crippen molar-refractivity contribution < 1.29 is 17.7 Å². The number of carbonyl (C=O) groups is 1. The van der Waals surface area contributed by atoms with E-state index in [1.54, 1.807) is 6.92 Å². The molecule has 0 aliphatic carbocycles. The maximum Gasteiger partial charge on any atom is 0.319 e. The van der Waals surface area contributed by atoms with Crippen molar-refractivity contribution in [2.24, 2.45) is 0 Å². The zero-order valence-electron chi connectivity index (χ0n) is 13.0. The first-order valence-corrected chi connectivity index (χ1v) is 9.14. The van der Waals surface area contributed by atoms with E-state index in [1.807, 2.05) is 6.92 Å². The number of rotatable bonds is 4. The number of aryl methyl sites for hydroxylation is 2. The number of piperidine rings is 1. The molecule has 0 radical (unpaired) electrons. The zero-order chi connectivity index (χ0) is 16.3. The van der Waals surface area contributed by atoms with Crippen LogP contribution in [0.15, 0.2) is 4.52 Å². The van der Waals surface area contributed by atoms with Crippen LogP contribution in [0.3, 0.4) is 0 Å². The highest BCUT2D eigenvalue weighted by molar-refractivity contribution is 7.88. The minimum absolute atomic E-state index is 0.200. The summed E-state index contributed by atoms with van der Waals surface area (Å²) in [6, 6.07) is -0.574. The molecule has 1 atom stereocenters. The smallest absolute Gasteiger partial charge is 0.319 e. The van der Waals surface area contributed by atoms with Crippen LogP contribution in [0.25, 0.3) is 0 Å². The molecule has 0 saturated carbocycles. The number of amides is 2. The molecule has 0 bridgehead atoms. The van der Waals surface area contributed by atoms with Crippen molar-refractivity contribution in [1.29, 1.82) is 0 Å². The lowest BCUT2D eigenvalue weighted by Gasteiger charge is -2.31. The fourth-order valence-electron chi connectivity index (χ4n) is 2.52. The van der Waals surface area contributed by atoms with Crippen LogP contribution in [-0.4, -0.2) is 49.3 Å². The van der Waals surface area contributed by atoms with Crippen LogP contribution in [0.2, 0.25) is 0 Å². The summed E-state index contributed by atoms with van der Waals surface area (Å²) in [5.41, 5.74) is 1.27. The highest BCUT2D eigenvalue weighted by atomic mass is 32.2. The molecule has 124 valence electrons. The first-order valence-electron chi connectivity index (χ1n) is 7.29. The molecule has 2 amide bonds. The first kappa shape index (κ1) is 16.8. The number of nitrogens with one attached hydrogen (secondary N) is 2. The molecule has 2 N–H and O–H groups in total. The van der Waals surface area contributed by atoms with Crippen LogP contribution < -0.4 is 10.6 Å². The van der Waals surface area contributed by atoms with E-state index in [2.05, 4.69) is 15.8 Å². The van der Waals surface area contributed by atoms with E-state index in [4.69, 9.17) is 4.52 Å². The maximum atomic E-state index is 12.1. The van der Waals surface area contributed by atoms with Crippen LogP contribution in [0.1, 0.15) is 31.2 Å². The number of anilines is 1. The van der Waals surface area contributed by atoms with Crippen molar-refractivity contribution in [3.63, 3.8) is 0 Å². The van der Waals surface area contributed by atoms with Gasteiger partial charge in [-0.15, -0.1) is 0 Å². The van der Waals surface area contributed by atoms with Gasteiger partial charge in [0, 0.05) is 19.1 Å². The van der Waals surface area contributed by atoms with Gasteiger partial charge in [0.25, 0.3) is 0 Å². The van der Waals surface area contributed by atoms with Gasteiger partial charge in [-0.25, -0.2) is 17.5 Å². The molecular weight excluding hydrogens is 308 g/mol. The Morgan fingerprint density at radius 2 is 2.23 bits per heavy atom. The van der Waals surface area contributed by atoms with Gasteiger partial charge >= 0.3 is 6.03 Å². The number of carbonyl (C=O) groups excluding carboxylic acids is 1. The zero-order valence-corrected chi connectivity index (χ0v) is 13.9. The van der Waals surface area contributed by atoms with Crippen LogP contribution in [-0.2, 0) is 16.4 Å². The minimum atomic E-state index is -3.23. The van der Waals surface area contributed by atoms with Gasteiger partial charge in [0.15, 0.2) is 5.76 Å². The molecule has 1 aliphatic heterocycles. The van der Waals surface area contributed by atoms with E-state index >= 15 is 0 Å². The number of aromatic nitrogens is 1. The Kier molecular flexibility index (Phi) is 5.07. The van der Waals surface area contributed by atoms with Crippen molar-refractivity contribution in [2.75, 3.05) is 24.7 Å². The van der Waals surface area contributed by atoms with Crippen molar-refractivity contribution in [1.82, 2.24) is 14.8 Å². The highest BCUT2D eigenvalue weighted by Gasteiger charge is 2.27. The lowest BCUT2D eigenvalue weighted by molar-refractivity contribution is 0.236. The van der Waals surface area contributed by atoms with Crippen molar-refractivity contribution in [3.05, 3.63) is 11.5 Å². The molecule has 9 heteroatoms. The first-order chi connectivity index (χ1) is 10.3. The molecule has 1 aliphatic rings. The van der Waals surface area contributed by atoms with Crippen LogP contribution >= 0.6 is 0 Å². The molecule has 2 rings (SSSR count). The fraction of sp³-hybridized carbons (Fsp3) is 0.692. The summed E-state index contributed by atoms with van der Waals surface area (Å²) < 4.78 is 29.6. The Morgan fingerprint density at radius 1 is 1.50 bits per heavy atom. The van der Waals surface area contributed by atoms with Gasteiger partial charge in [-0.05, 0) is 26.2 Å². The second-order valence-electron chi connectivity index (χ2n) is 5.47. The molecular formula is C13H22N4O4S. The van der Waals surface area contributed by atoms with Gasteiger partial charge in [-0.2, -0.15) is 0 Å². The van der Waals surface area contributed by atoms with Crippen molar-refractivity contribution >= 4 is 21.7 Å². The molecule has 1 aromatic heterocycles. The summed E-state index contributed by atoms with van der Waals surface area (Å²) in [4.78, 5) is 12.1. The molecule has 8 nitrogen and oxygen atoms in total. The van der Waals surface area contributed by atoms with E-state index in [-0.39, 0.29) is 12.1 Å². The topological polar surface area (TPSA) is 105 Å². The summed E-state index contributed by atoms with van der Waals surface area (Å²) in [6.45, 7) is 4.46. The Morgan fingerprint density at radius 3 is 2.86 bits per heavy atom.